The summed E-state index contributed by atoms with van der Waals surface area (Å²) in [6.07, 6.45) is 3.50. The van der Waals surface area contributed by atoms with Crippen molar-refractivity contribution in [3.05, 3.63) is 101 Å². The normalized spacial score (nSPS) is 14.9. The van der Waals surface area contributed by atoms with Crippen molar-refractivity contribution >= 4 is 23.1 Å². The van der Waals surface area contributed by atoms with E-state index < -0.39 is 6.04 Å². The number of nitrogens with two attached hydrogens (primary N) is 1. The summed E-state index contributed by atoms with van der Waals surface area (Å²) in [4.78, 5) is 14.6. The predicted octanol–water partition coefficient (Wildman–Crippen LogP) is 5.19. The van der Waals surface area contributed by atoms with Crippen molar-refractivity contribution in [2.24, 2.45) is 5.73 Å². The molecule has 4 rings (SSSR count). The molecule has 0 saturated carbocycles. The van der Waals surface area contributed by atoms with Gasteiger partial charge < -0.3 is 10.6 Å². The summed E-state index contributed by atoms with van der Waals surface area (Å²) in [6.45, 7) is 1.28. The van der Waals surface area contributed by atoms with Gasteiger partial charge in [-0.15, -0.1) is 0 Å². The molecule has 0 saturated heterocycles. The lowest BCUT2D eigenvalue weighted by atomic mass is 9.95. The van der Waals surface area contributed by atoms with E-state index in [-0.39, 0.29) is 5.91 Å². The van der Waals surface area contributed by atoms with Gasteiger partial charge in [-0.3, -0.25) is 4.79 Å². The number of carbonyl (C=O) groups is 1. The van der Waals surface area contributed by atoms with Crippen LogP contribution in [-0.2, 0) is 11.2 Å². The number of carbonyl (C=O) groups excluding carboxylic acids is 1. The van der Waals surface area contributed by atoms with Crippen molar-refractivity contribution in [3.8, 4) is 11.1 Å². The first-order valence-corrected chi connectivity index (χ1v) is 10.6. The van der Waals surface area contributed by atoms with E-state index in [1.54, 1.807) is 0 Å². The first kappa shape index (κ1) is 20.4. The van der Waals surface area contributed by atoms with Gasteiger partial charge in [-0.25, -0.2) is 0 Å². The van der Waals surface area contributed by atoms with Crippen LogP contribution in [0.2, 0.25) is 5.02 Å². The highest BCUT2D eigenvalue weighted by molar-refractivity contribution is 6.30. The molecular formula is C26H25ClN2O. The Bertz CT molecular complexity index is 1040. The van der Waals surface area contributed by atoms with Gasteiger partial charge in [-0.1, -0.05) is 78.3 Å². The number of nitrogens with zero attached hydrogens (tertiary/aromatic N) is 1. The summed E-state index contributed by atoms with van der Waals surface area (Å²) >= 11 is 5.93. The largest absolute Gasteiger partial charge is 0.337 e. The SMILES string of the molecule is NC(Cc1ccc(Cl)cc1)C(=O)N1CC=C(c2cccc(-c3ccccc3)c2)CC1. The average molecular weight is 417 g/mol. The number of halogens is 1. The van der Waals surface area contributed by atoms with Crippen LogP contribution in [0.3, 0.4) is 0 Å². The molecule has 0 fully saturated rings. The Morgan fingerprint density at radius 2 is 1.63 bits per heavy atom. The highest BCUT2D eigenvalue weighted by Gasteiger charge is 2.23. The van der Waals surface area contributed by atoms with Crippen LogP contribution in [0, 0.1) is 0 Å². The molecule has 0 bridgehead atoms. The lowest BCUT2D eigenvalue weighted by Gasteiger charge is -2.29. The van der Waals surface area contributed by atoms with E-state index in [4.69, 9.17) is 17.3 Å². The topological polar surface area (TPSA) is 46.3 Å². The molecule has 1 amide bonds. The summed E-state index contributed by atoms with van der Waals surface area (Å²) in [6, 6.07) is 25.9. The first-order chi connectivity index (χ1) is 14.6. The molecule has 3 aromatic carbocycles. The van der Waals surface area contributed by atoms with E-state index in [1.165, 1.54) is 22.3 Å². The van der Waals surface area contributed by atoms with E-state index >= 15 is 0 Å². The standard InChI is InChI=1S/C26H25ClN2O/c27-24-11-9-19(10-12-24)17-25(28)26(30)29-15-13-21(14-16-29)23-8-4-7-22(18-23)20-5-2-1-3-6-20/h1-13,18,25H,14-17,28H2. The highest BCUT2D eigenvalue weighted by atomic mass is 35.5. The van der Waals surface area contributed by atoms with Gasteiger partial charge in [-0.05, 0) is 58.9 Å². The number of hydrogen-bond donors (Lipinski definition) is 1. The fraction of sp³-hybridized carbons (Fsp3) is 0.192. The number of rotatable bonds is 5. The Labute approximate surface area is 182 Å². The Kier molecular flexibility index (Phi) is 6.32. The maximum Gasteiger partial charge on any atom is 0.240 e. The van der Waals surface area contributed by atoms with Crippen LogP contribution in [-0.4, -0.2) is 29.9 Å². The molecule has 1 atom stereocenters. The Balaban J connectivity index is 1.41. The van der Waals surface area contributed by atoms with Crippen molar-refractivity contribution in [1.29, 1.82) is 0 Å². The molecule has 0 aromatic heterocycles. The summed E-state index contributed by atoms with van der Waals surface area (Å²) in [5, 5.41) is 0.684. The van der Waals surface area contributed by atoms with Gasteiger partial charge in [0.25, 0.3) is 0 Å². The lowest BCUT2D eigenvalue weighted by molar-refractivity contribution is -0.132. The van der Waals surface area contributed by atoms with Crippen molar-refractivity contribution in [1.82, 2.24) is 4.90 Å². The molecule has 1 aliphatic heterocycles. The summed E-state index contributed by atoms with van der Waals surface area (Å²) in [5.41, 5.74) is 12.1. The average Bonchev–Trinajstić information content (AvgIpc) is 2.81. The van der Waals surface area contributed by atoms with Gasteiger partial charge in [0, 0.05) is 18.1 Å². The van der Waals surface area contributed by atoms with Crippen molar-refractivity contribution in [2.45, 2.75) is 18.9 Å². The molecule has 0 aliphatic carbocycles. The molecule has 4 heteroatoms. The van der Waals surface area contributed by atoms with E-state index in [2.05, 4.69) is 54.6 Å². The van der Waals surface area contributed by atoms with Gasteiger partial charge in [0.05, 0.1) is 6.04 Å². The maximum atomic E-state index is 12.8. The van der Waals surface area contributed by atoms with E-state index in [9.17, 15) is 4.79 Å². The van der Waals surface area contributed by atoms with Gasteiger partial charge in [-0.2, -0.15) is 0 Å². The number of amides is 1. The summed E-state index contributed by atoms with van der Waals surface area (Å²) in [5.74, 6) is -0.00159. The highest BCUT2D eigenvalue weighted by Crippen LogP contribution is 2.27. The van der Waals surface area contributed by atoms with Crippen LogP contribution in [0.1, 0.15) is 17.5 Å². The second kappa shape index (κ2) is 9.29. The zero-order valence-electron chi connectivity index (χ0n) is 16.8. The van der Waals surface area contributed by atoms with Crippen LogP contribution >= 0.6 is 11.6 Å². The Morgan fingerprint density at radius 1 is 0.933 bits per heavy atom. The Morgan fingerprint density at radius 3 is 2.33 bits per heavy atom. The fourth-order valence-corrected chi connectivity index (χ4v) is 3.98. The van der Waals surface area contributed by atoms with E-state index in [0.717, 1.165) is 12.0 Å². The van der Waals surface area contributed by atoms with E-state index in [0.29, 0.717) is 24.5 Å². The summed E-state index contributed by atoms with van der Waals surface area (Å²) < 4.78 is 0. The van der Waals surface area contributed by atoms with Crippen LogP contribution < -0.4 is 5.73 Å². The molecule has 1 aliphatic rings. The van der Waals surface area contributed by atoms with Gasteiger partial charge in [0.15, 0.2) is 0 Å². The van der Waals surface area contributed by atoms with Crippen LogP contribution in [0.15, 0.2) is 84.9 Å². The predicted molar refractivity (Wildman–Crippen MR) is 124 cm³/mol. The smallest absolute Gasteiger partial charge is 0.240 e. The lowest BCUT2D eigenvalue weighted by Crippen LogP contribution is -2.46. The third kappa shape index (κ3) is 4.81. The Hall–Kier alpha value is -2.88. The van der Waals surface area contributed by atoms with Crippen LogP contribution in [0.4, 0.5) is 0 Å². The molecule has 2 N–H and O–H groups in total. The van der Waals surface area contributed by atoms with Crippen LogP contribution in [0.25, 0.3) is 16.7 Å². The van der Waals surface area contributed by atoms with E-state index in [1.807, 2.05) is 35.2 Å². The molecule has 3 aromatic rings. The molecular weight excluding hydrogens is 392 g/mol. The van der Waals surface area contributed by atoms with Gasteiger partial charge in [0.1, 0.15) is 0 Å². The van der Waals surface area contributed by atoms with Crippen molar-refractivity contribution < 1.29 is 4.79 Å². The fourth-order valence-electron chi connectivity index (χ4n) is 3.86. The maximum absolute atomic E-state index is 12.8. The molecule has 1 heterocycles. The van der Waals surface area contributed by atoms with Gasteiger partial charge in [0.2, 0.25) is 5.91 Å². The van der Waals surface area contributed by atoms with Crippen molar-refractivity contribution in [2.75, 3.05) is 13.1 Å². The molecule has 0 spiro atoms. The monoisotopic (exact) mass is 416 g/mol. The number of hydrogen-bond acceptors (Lipinski definition) is 2. The number of benzene rings is 3. The van der Waals surface area contributed by atoms with Crippen molar-refractivity contribution in [3.63, 3.8) is 0 Å². The molecule has 30 heavy (non-hydrogen) atoms. The quantitative estimate of drug-likeness (QED) is 0.621. The minimum Gasteiger partial charge on any atom is -0.337 e. The molecule has 3 nitrogen and oxygen atoms in total. The zero-order chi connectivity index (χ0) is 20.9. The molecule has 1 unspecified atom stereocenters. The second-order valence-electron chi connectivity index (χ2n) is 7.65. The summed E-state index contributed by atoms with van der Waals surface area (Å²) in [7, 11) is 0. The molecule has 152 valence electrons. The third-order valence-electron chi connectivity index (χ3n) is 5.55. The van der Waals surface area contributed by atoms with Crippen LogP contribution in [0.5, 0.6) is 0 Å². The second-order valence-corrected chi connectivity index (χ2v) is 8.08. The zero-order valence-corrected chi connectivity index (χ0v) is 17.6. The first-order valence-electron chi connectivity index (χ1n) is 10.2. The minimum absolute atomic E-state index is 0.00159. The minimum atomic E-state index is -0.539. The third-order valence-corrected chi connectivity index (χ3v) is 5.80. The van der Waals surface area contributed by atoms with Gasteiger partial charge >= 0.3 is 0 Å². The molecule has 0 radical (unpaired) electrons.